The van der Waals surface area contributed by atoms with Gasteiger partial charge in [0.15, 0.2) is 5.76 Å². The van der Waals surface area contributed by atoms with Gasteiger partial charge in [-0.15, -0.1) is 0 Å². The maximum absolute atomic E-state index is 13.6. The van der Waals surface area contributed by atoms with E-state index in [2.05, 4.69) is 16.8 Å². The van der Waals surface area contributed by atoms with Gasteiger partial charge in [-0.3, -0.25) is 9.69 Å². The Balaban J connectivity index is 1.45. The molecule has 144 valence electrons. The maximum atomic E-state index is 13.6. The van der Waals surface area contributed by atoms with Crippen molar-refractivity contribution < 1.29 is 13.6 Å². The number of halogens is 1. The normalized spacial score (nSPS) is 21.3. The zero-order chi connectivity index (χ0) is 19.0. The van der Waals surface area contributed by atoms with Gasteiger partial charge in [-0.2, -0.15) is 0 Å². The Labute approximate surface area is 159 Å². The molecule has 1 atom stereocenters. The van der Waals surface area contributed by atoms with Gasteiger partial charge in [0.1, 0.15) is 11.6 Å². The van der Waals surface area contributed by atoms with Crippen molar-refractivity contribution in [1.29, 1.82) is 0 Å². The maximum Gasteiger partial charge on any atom is 0.290 e. The van der Waals surface area contributed by atoms with Gasteiger partial charge in [0.2, 0.25) is 0 Å². The lowest BCUT2D eigenvalue weighted by Gasteiger charge is -2.34. The summed E-state index contributed by atoms with van der Waals surface area (Å²) >= 11 is 0. The van der Waals surface area contributed by atoms with Crippen molar-refractivity contribution >= 4 is 5.91 Å². The summed E-state index contributed by atoms with van der Waals surface area (Å²) in [5, 5.41) is 0. The van der Waals surface area contributed by atoms with Crippen molar-refractivity contribution in [2.75, 3.05) is 39.8 Å². The fraction of sp³-hybridized carbons (Fsp3) is 0.476. The predicted molar refractivity (Wildman–Crippen MR) is 101 cm³/mol. The summed E-state index contributed by atoms with van der Waals surface area (Å²) in [5.74, 6) is 0.800. The van der Waals surface area contributed by atoms with Crippen LogP contribution in [0.3, 0.4) is 0 Å². The van der Waals surface area contributed by atoms with Gasteiger partial charge >= 0.3 is 0 Å². The molecule has 0 aliphatic carbocycles. The summed E-state index contributed by atoms with van der Waals surface area (Å²) in [7, 11) is 2.13. The van der Waals surface area contributed by atoms with Gasteiger partial charge in [-0.1, -0.05) is 6.07 Å². The lowest BCUT2D eigenvalue weighted by Crippen LogP contribution is -2.43. The number of hydrogen-bond donors (Lipinski definition) is 0. The van der Waals surface area contributed by atoms with E-state index in [1.54, 1.807) is 17.0 Å². The third kappa shape index (κ3) is 3.77. The number of amides is 1. The van der Waals surface area contributed by atoms with E-state index in [1.807, 2.05) is 19.1 Å². The van der Waals surface area contributed by atoms with E-state index < -0.39 is 0 Å². The molecule has 5 nitrogen and oxygen atoms in total. The molecule has 2 aliphatic rings. The van der Waals surface area contributed by atoms with Crippen molar-refractivity contribution in [3.8, 4) is 0 Å². The molecule has 0 radical (unpaired) electrons. The lowest BCUT2D eigenvalue weighted by atomic mass is 9.93. The molecule has 1 aromatic carbocycles. The molecular weight excluding hydrogens is 345 g/mol. The number of rotatable bonds is 3. The molecule has 0 N–H and O–H groups in total. The standard InChI is InChI=1S/C21H26FN3O2/c1-15-19-13-17(22)4-3-16(19)7-8-25(15)21(26)20-6-5-18(27-20)14-24-11-9-23(2)10-12-24/h3-6,13,15H,7-12,14H2,1-2H3/t15-/m1/s1. The second-order valence-corrected chi connectivity index (χ2v) is 7.61. The highest BCUT2D eigenvalue weighted by Crippen LogP contribution is 2.31. The third-order valence-electron chi connectivity index (χ3n) is 5.76. The van der Waals surface area contributed by atoms with Crippen molar-refractivity contribution in [3.63, 3.8) is 0 Å². The van der Waals surface area contributed by atoms with Crippen molar-refractivity contribution in [1.82, 2.24) is 14.7 Å². The largest absolute Gasteiger partial charge is 0.455 e. The van der Waals surface area contributed by atoms with Gasteiger partial charge in [-0.25, -0.2) is 4.39 Å². The van der Waals surface area contributed by atoms with Gasteiger partial charge in [0, 0.05) is 32.7 Å². The minimum Gasteiger partial charge on any atom is -0.455 e. The average molecular weight is 371 g/mol. The van der Waals surface area contributed by atoms with E-state index in [1.165, 1.54) is 6.07 Å². The number of furan rings is 1. The van der Waals surface area contributed by atoms with Crippen LogP contribution in [0.2, 0.25) is 0 Å². The Morgan fingerprint density at radius 2 is 1.93 bits per heavy atom. The highest BCUT2D eigenvalue weighted by atomic mass is 19.1. The molecule has 1 aromatic heterocycles. The van der Waals surface area contributed by atoms with E-state index in [0.717, 1.165) is 56.0 Å². The second kappa shape index (κ2) is 7.44. The molecule has 2 aliphatic heterocycles. The number of fused-ring (bicyclic) bond motifs is 1. The van der Waals surface area contributed by atoms with Gasteiger partial charge in [-0.05, 0) is 55.8 Å². The van der Waals surface area contributed by atoms with Crippen LogP contribution in [-0.2, 0) is 13.0 Å². The SMILES string of the molecule is C[C@@H]1c2cc(F)ccc2CCN1C(=O)c1ccc(CN2CCN(C)CC2)o1. The fourth-order valence-corrected chi connectivity index (χ4v) is 4.01. The molecule has 0 unspecified atom stereocenters. The van der Waals surface area contributed by atoms with Crippen LogP contribution in [0.15, 0.2) is 34.7 Å². The van der Waals surface area contributed by atoms with Crippen LogP contribution in [0.25, 0.3) is 0 Å². The lowest BCUT2D eigenvalue weighted by molar-refractivity contribution is 0.0639. The van der Waals surface area contributed by atoms with E-state index in [9.17, 15) is 9.18 Å². The molecule has 1 saturated heterocycles. The molecule has 3 heterocycles. The summed E-state index contributed by atoms with van der Waals surface area (Å²) < 4.78 is 19.5. The van der Waals surface area contributed by atoms with Gasteiger partial charge < -0.3 is 14.2 Å². The Hall–Kier alpha value is -2.18. The Kier molecular flexibility index (Phi) is 5.02. The molecule has 1 fully saturated rings. The molecule has 27 heavy (non-hydrogen) atoms. The van der Waals surface area contributed by atoms with Crippen LogP contribution < -0.4 is 0 Å². The van der Waals surface area contributed by atoms with Crippen molar-refractivity contribution in [3.05, 3.63) is 58.8 Å². The fourth-order valence-electron chi connectivity index (χ4n) is 4.01. The number of likely N-dealkylation sites (N-methyl/N-ethyl adjacent to an activating group) is 1. The summed E-state index contributed by atoms with van der Waals surface area (Å²) in [5.41, 5.74) is 2.00. The second-order valence-electron chi connectivity index (χ2n) is 7.61. The van der Waals surface area contributed by atoms with E-state index >= 15 is 0 Å². The Morgan fingerprint density at radius 1 is 1.15 bits per heavy atom. The topological polar surface area (TPSA) is 39.9 Å². The van der Waals surface area contributed by atoms with E-state index in [0.29, 0.717) is 12.3 Å². The minimum atomic E-state index is -0.262. The van der Waals surface area contributed by atoms with Crippen LogP contribution in [0, 0.1) is 5.82 Å². The van der Waals surface area contributed by atoms with Crippen LogP contribution in [0.5, 0.6) is 0 Å². The zero-order valence-electron chi connectivity index (χ0n) is 15.9. The number of benzene rings is 1. The first-order chi connectivity index (χ1) is 13.0. The van der Waals surface area contributed by atoms with Crippen LogP contribution >= 0.6 is 0 Å². The average Bonchev–Trinajstić information content (AvgIpc) is 3.12. The summed E-state index contributed by atoms with van der Waals surface area (Å²) in [4.78, 5) is 19.4. The van der Waals surface area contributed by atoms with E-state index in [-0.39, 0.29) is 17.8 Å². The van der Waals surface area contributed by atoms with Gasteiger partial charge in [0.05, 0.1) is 12.6 Å². The number of carbonyl (C=O) groups is 1. The van der Waals surface area contributed by atoms with Crippen LogP contribution in [-0.4, -0.2) is 60.4 Å². The number of nitrogens with zero attached hydrogens (tertiary/aromatic N) is 3. The molecule has 2 aromatic rings. The molecule has 1 amide bonds. The summed E-state index contributed by atoms with van der Waals surface area (Å²) in [6.45, 7) is 7.40. The number of carbonyl (C=O) groups excluding carboxylic acids is 1. The molecule has 0 spiro atoms. The van der Waals surface area contributed by atoms with Crippen molar-refractivity contribution in [2.24, 2.45) is 0 Å². The smallest absolute Gasteiger partial charge is 0.290 e. The first-order valence-corrected chi connectivity index (χ1v) is 9.60. The molecule has 6 heteroatoms. The number of hydrogen-bond acceptors (Lipinski definition) is 4. The third-order valence-corrected chi connectivity index (χ3v) is 5.76. The quantitative estimate of drug-likeness (QED) is 0.832. The van der Waals surface area contributed by atoms with Crippen LogP contribution in [0.4, 0.5) is 4.39 Å². The minimum absolute atomic E-state index is 0.123. The predicted octanol–water partition coefficient (Wildman–Crippen LogP) is 2.93. The first kappa shape index (κ1) is 18.2. The Morgan fingerprint density at radius 3 is 2.70 bits per heavy atom. The highest BCUT2D eigenvalue weighted by Gasteiger charge is 2.30. The zero-order valence-corrected chi connectivity index (χ0v) is 15.9. The molecular formula is C21H26FN3O2. The highest BCUT2D eigenvalue weighted by molar-refractivity contribution is 5.92. The summed E-state index contributed by atoms with van der Waals surface area (Å²) in [6, 6.07) is 8.35. The summed E-state index contributed by atoms with van der Waals surface area (Å²) in [6.07, 6.45) is 0.737. The molecule has 4 rings (SSSR count). The molecule has 0 saturated carbocycles. The monoisotopic (exact) mass is 371 g/mol. The van der Waals surface area contributed by atoms with Crippen molar-refractivity contribution in [2.45, 2.75) is 25.9 Å². The first-order valence-electron chi connectivity index (χ1n) is 9.60. The van der Waals surface area contributed by atoms with Crippen LogP contribution in [0.1, 0.15) is 40.4 Å². The number of piperazine rings is 1. The van der Waals surface area contributed by atoms with E-state index in [4.69, 9.17) is 4.42 Å². The Bertz CT molecular complexity index is 827. The van der Waals surface area contributed by atoms with Gasteiger partial charge in [0.25, 0.3) is 5.91 Å². The molecule has 0 bridgehead atoms.